The Morgan fingerprint density at radius 3 is 2.53 bits per heavy atom. The van der Waals surface area contributed by atoms with Gasteiger partial charge in [-0.3, -0.25) is 4.90 Å². The molecule has 1 aliphatic rings. The summed E-state index contributed by atoms with van der Waals surface area (Å²) in [6, 6.07) is 8.09. The van der Waals surface area contributed by atoms with E-state index in [1.807, 2.05) is 18.2 Å². The van der Waals surface area contributed by atoms with E-state index in [1.54, 1.807) is 7.11 Å². The van der Waals surface area contributed by atoms with Crippen molar-refractivity contribution in [3.8, 4) is 0 Å². The van der Waals surface area contributed by atoms with Crippen molar-refractivity contribution in [1.82, 2.24) is 4.90 Å². The minimum absolute atomic E-state index is 0.206. The molecule has 0 saturated carbocycles. The maximum atomic E-state index is 5.81. The maximum absolute atomic E-state index is 5.81. The predicted molar refractivity (Wildman–Crippen MR) is 71.1 cm³/mol. The second kappa shape index (κ2) is 5.38. The predicted octanol–water partition coefficient (Wildman–Crippen LogP) is 1.38. The standard InChI is InChI=1S/C13H21N3O/c1-11(17-2)15-6-8-16(9-7-15)13-5-3-4-12(14)10-13/h3-5,10-11H,6-9,14H2,1-2H3. The van der Waals surface area contributed by atoms with Crippen LogP contribution in [0.2, 0.25) is 0 Å². The summed E-state index contributed by atoms with van der Waals surface area (Å²) >= 11 is 0. The van der Waals surface area contributed by atoms with Crippen molar-refractivity contribution in [3.63, 3.8) is 0 Å². The summed E-state index contributed by atoms with van der Waals surface area (Å²) in [5, 5.41) is 0. The molecule has 1 fully saturated rings. The molecule has 0 amide bonds. The molecule has 0 bridgehead atoms. The Balaban J connectivity index is 1.95. The topological polar surface area (TPSA) is 41.7 Å². The number of anilines is 2. The number of hydrogen-bond donors (Lipinski definition) is 1. The van der Waals surface area contributed by atoms with Crippen molar-refractivity contribution < 1.29 is 4.74 Å². The summed E-state index contributed by atoms with van der Waals surface area (Å²) in [6.45, 7) is 6.21. The zero-order valence-electron chi connectivity index (χ0n) is 10.6. The molecule has 0 aromatic heterocycles. The molecule has 1 unspecified atom stereocenters. The molecular formula is C13H21N3O. The van der Waals surface area contributed by atoms with E-state index in [1.165, 1.54) is 5.69 Å². The van der Waals surface area contributed by atoms with Gasteiger partial charge in [0.25, 0.3) is 0 Å². The van der Waals surface area contributed by atoms with Crippen LogP contribution in [0.5, 0.6) is 0 Å². The molecule has 1 heterocycles. The van der Waals surface area contributed by atoms with Gasteiger partial charge in [0.2, 0.25) is 0 Å². The van der Waals surface area contributed by atoms with E-state index in [2.05, 4.69) is 22.8 Å². The second-order valence-corrected chi connectivity index (χ2v) is 4.45. The lowest BCUT2D eigenvalue weighted by molar-refractivity contribution is -0.0212. The molecule has 17 heavy (non-hydrogen) atoms. The minimum Gasteiger partial charge on any atom is -0.399 e. The van der Waals surface area contributed by atoms with E-state index in [4.69, 9.17) is 10.5 Å². The zero-order chi connectivity index (χ0) is 12.3. The normalized spacial score (nSPS) is 19.3. The van der Waals surface area contributed by atoms with Crippen LogP contribution in [0.1, 0.15) is 6.92 Å². The Morgan fingerprint density at radius 1 is 1.24 bits per heavy atom. The van der Waals surface area contributed by atoms with Gasteiger partial charge in [0.15, 0.2) is 0 Å². The SMILES string of the molecule is COC(C)N1CCN(c2cccc(N)c2)CC1. The van der Waals surface area contributed by atoms with Gasteiger partial charge in [0, 0.05) is 44.7 Å². The van der Waals surface area contributed by atoms with Crippen LogP contribution in [0.4, 0.5) is 11.4 Å². The smallest absolute Gasteiger partial charge is 0.107 e. The number of nitrogen functional groups attached to an aromatic ring is 1. The first-order chi connectivity index (χ1) is 8.20. The third-order valence-corrected chi connectivity index (χ3v) is 3.40. The summed E-state index contributed by atoms with van der Waals surface area (Å²) in [4.78, 5) is 4.72. The average Bonchev–Trinajstić information content (AvgIpc) is 2.38. The molecule has 0 spiro atoms. The van der Waals surface area contributed by atoms with Gasteiger partial charge in [-0.1, -0.05) is 6.07 Å². The van der Waals surface area contributed by atoms with Crippen molar-refractivity contribution in [2.75, 3.05) is 43.9 Å². The average molecular weight is 235 g/mol. The number of hydrogen-bond acceptors (Lipinski definition) is 4. The second-order valence-electron chi connectivity index (χ2n) is 4.45. The zero-order valence-corrected chi connectivity index (χ0v) is 10.6. The molecule has 4 heteroatoms. The summed E-state index contributed by atoms with van der Waals surface area (Å²) in [6.07, 6.45) is 0.206. The molecule has 0 radical (unpaired) electrons. The van der Waals surface area contributed by atoms with E-state index in [9.17, 15) is 0 Å². The van der Waals surface area contributed by atoms with Gasteiger partial charge < -0.3 is 15.4 Å². The van der Waals surface area contributed by atoms with Crippen molar-refractivity contribution in [2.24, 2.45) is 0 Å². The highest BCUT2D eigenvalue weighted by Gasteiger charge is 2.20. The monoisotopic (exact) mass is 235 g/mol. The van der Waals surface area contributed by atoms with Crippen molar-refractivity contribution in [2.45, 2.75) is 13.2 Å². The van der Waals surface area contributed by atoms with Crippen molar-refractivity contribution >= 4 is 11.4 Å². The fraction of sp³-hybridized carbons (Fsp3) is 0.538. The number of benzene rings is 1. The Labute approximate surface area is 103 Å². The van der Waals surface area contributed by atoms with Gasteiger partial charge >= 0.3 is 0 Å². The lowest BCUT2D eigenvalue weighted by Crippen LogP contribution is -2.50. The number of piperazine rings is 1. The van der Waals surface area contributed by atoms with Crippen LogP contribution in [0.3, 0.4) is 0 Å². The number of methoxy groups -OCH3 is 1. The highest BCUT2D eigenvalue weighted by molar-refractivity contribution is 5.56. The molecule has 2 N–H and O–H groups in total. The molecular weight excluding hydrogens is 214 g/mol. The molecule has 0 aliphatic carbocycles. The Hall–Kier alpha value is -1.26. The van der Waals surface area contributed by atoms with Crippen LogP contribution < -0.4 is 10.6 Å². The molecule has 1 aromatic carbocycles. The summed E-state index contributed by atoms with van der Waals surface area (Å²) < 4.78 is 5.34. The van der Waals surface area contributed by atoms with Crippen molar-refractivity contribution in [1.29, 1.82) is 0 Å². The molecule has 2 rings (SSSR count). The number of nitrogens with zero attached hydrogens (tertiary/aromatic N) is 2. The lowest BCUT2D eigenvalue weighted by atomic mass is 10.2. The van der Waals surface area contributed by atoms with Gasteiger partial charge in [0.1, 0.15) is 6.23 Å². The van der Waals surface area contributed by atoms with Crippen LogP contribution in [-0.2, 0) is 4.74 Å². The highest BCUT2D eigenvalue weighted by atomic mass is 16.5. The third kappa shape index (κ3) is 2.90. The van der Waals surface area contributed by atoms with Crippen LogP contribution in [-0.4, -0.2) is 44.4 Å². The van der Waals surface area contributed by atoms with Gasteiger partial charge in [-0.2, -0.15) is 0 Å². The fourth-order valence-electron chi connectivity index (χ4n) is 2.21. The molecule has 1 saturated heterocycles. The van der Waals surface area contributed by atoms with E-state index in [0.717, 1.165) is 31.9 Å². The molecule has 4 nitrogen and oxygen atoms in total. The first-order valence-corrected chi connectivity index (χ1v) is 6.08. The molecule has 94 valence electrons. The summed E-state index contributed by atoms with van der Waals surface area (Å²) in [7, 11) is 1.76. The van der Waals surface area contributed by atoms with Crippen LogP contribution >= 0.6 is 0 Å². The summed E-state index contributed by atoms with van der Waals surface area (Å²) in [5.41, 5.74) is 7.85. The van der Waals surface area contributed by atoms with E-state index < -0.39 is 0 Å². The lowest BCUT2D eigenvalue weighted by Gasteiger charge is -2.38. The van der Waals surface area contributed by atoms with Crippen molar-refractivity contribution in [3.05, 3.63) is 24.3 Å². The maximum Gasteiger partial charge on any atom is 0.107 e. The Bertz CT molecular complexity index is 361. The quantitative estimate of drug-likeness (QED) is 0.804. The molecule has 1 atom stereocenters. The van der Waals surface area contributed by atoms with E-state index >= 15 is 0 Å². The summed E-state index contributed by atoms with van der Waals surface area (Å²) in [5.74, 6) is 0. The van der Waals surface area contributed by atoms with E-state index in [0.29, 0.717) is 0 Å². The highest BCUT2D eigenvalue weighted by Crippen LogP contribution is 2.19. The fourth-order valence-corrected chi connectivity index (χ4v) is 2.21. The largest absolute Gasteiger partial charge is 0.399 e. The number of ether oxygens (including phenoxy) is 1. The van der Waals surface area contributed by atoms with Gasteiger partial charge in [-0.25, -0.2) is 0 Å². The Kier molecular flexibility index (Phi) is 3.86. The first-order valence-electron chi connectivity index (χ1n) is 6.08. The third-order valence-electron chi connectivity index (χ3n) is 3.40. The number of nitrogens with two attached hydrogens (primary N) is 1. The van der Waals surface area contributed by atoms with E-state index in [-0.39, 0.29) is 6.23 Å². The first kappa shape index (κ1) is 12.2. The van der Waals surface area contributed by atoms with Gasteiger partial charge in [-0.15, -0.1) is 0 Å². The van der Waals surface area contributed by atoms with Gasteiger partial charge in [0.05, 0.1) is 0 Å². The molecule has 1 aromatic rings. The minimum atomic E-state index is 0.206. The van der Waals surface area contributed by atoms with Gasteiger partial charge in [-0.05, 0) is 25.1 Å². The molecule has 1 aliphatic heterocycles. The number of rotatable bonds is 3. The Morgan fingerprint density at radius 2 is 1.94 bits per heavy atom. The van der Waals surface area contributed by atoms with Crippen LogP contribution in [0.15, 0.2) is 24.3 Å². The van der Waals surface area contributed by atoms with Crippen LogP contribution in [0, 0.1) is 0 Å². The van der Waals surface area contributed by atoms with Crippen LogP contribution in [0.25, 0.3) is 0 Å².